The van der Waals surface area contributed by atoms with E-state index in [2.05, 4.69) is 0 Å². The molecule has 0 aliphatic carbocycles. The van der Waals surface area contributed by atoms with Crippen molar-refractivity contribution >= 4 is 39.5 Å². The maximum Gasteiger partial charge on any atom is 0.232 e. The van der Waals surface area contributed by atoms with Crippen molar-refractivity contribution in [1.82, 2.24) is 0 Å². The van der Waals surface area contributed by atoms with Gasteiger partial charge in [0.25, 0.3) is 0 Å². The van der Waals surface area contributed by atoms with Crippen LogP contribution in [0, 0.1) is 0 Å². The van der Waals surface area contributed by atoms with E-state index in [0.717, 1.165) is 0 Å². The van der Waals surface area contributed by atoms with Crippen molar-refractivity contribution in [3.05, 3.63) is 0 Å². The van der Waals surface area contributed by atoms with Crippen molar-refractivity contribution in [2.45, 2.75) is 12.8 Å². The lowest BCUT2D eigenvalue weighted by Crippen LogP contribution is -2.02. The fourth-order valence-electron chi connectivity index (χ4n) is 0.549. The summed E-state index contributed by atoms with van der Waals surface area (Å²) in [5.74, 6) is -0.443. The summed E-state index contributed by atoms with van der Waals surface area (Å²) < 4.78 is 41.4. The van der Waals surface area contributed by atoms with E-state index < -0.39 is 18.1 Å². The largest absolute Gasteiger partial charge is 0.394 e. The third-order valence-electron chi connectivity index (χ3n) is 1.13. The van der Waals surface area contributed by atoms with E-state index in [0.29, 0.717) is 0 Å². The molecule has 0 heterocycles. The van der Waals surface area contributed by atoms with Crippen LogP contribution in [-0.2, 0) is 18.1 Å². The van der Waals surface area contributed by atoms with Crippen LogP contribution in [0.2, 0.25) is 0 Å². The van der Waals surface area contributed by atoms with Crippen LogP contribution in [0.5, 0.6) is 0 Å². The highest BCUT2D eigenvalue weighted by atomic mass is 35.7. The predicted octanol–water partition coefficient (Wildman–Crippen LogP) is -0.125. The number of hydrogen-bond donors (Lipinski definition) is 2. The van der Waals surface area contributed by atoms with E-state index in [9.17, 15) is 16.8 Å². The van der Waals surface area contributed by atoms with Gasteiger partial charge < -0.3 is 10.2 Å². The molecule has 0 amide bonds. The minimum atomic E-state index is -3.51. The maximum atomic E-state index is 10.3. The maximum absolute atomic E-state index is 10.3. The van der Waals surface area contributed by atoms with Gasteiger partial charge in [0.1, 0.15) is 0 Å². The number of hydrogen-bond acceptors (Lipinski definition) is 6. The molecule has 6 nitrogen and oxygen atoms in total. The van der Waals surface area contributed by atoms with Gasteiger partial charge in [-0.2, -0.15) is 0 Å². The van der Waals surface area contributed by atoms with Crippen LogP contribution in [0.25, 0.3) is 0 Å². The zero-order valence-electron chi connectivity index (χ0n) is 8.34. The van der Waals surface area contributed by atoms with Crippen LogP contribution >= 0.6 is 21.4 Å². The van der Waals surface area contributed by atoms with Gasteiger partial charge >= 0.3 is 0 Å². The first-order valence-corrected chi connectivity index (χ1v) is 9.14. The monoisotopic (exact) mass is 316 g/mol. The van der Waals surface area contributed by atoms with Crippen LogP contribution in [-0.4, -0.2) is 51.8 Å². The molecular formula is C6H14Cl2O6S2. The molecule has 0 spiro atoms. The van der Waals surface area contributed by atoms with Crippen molar-refractivity contribution in [3.8, 4) is 0 Å². The zero-order chi connectivity index (χ0) is 13.2. The van der Waals surface area contributed by atoms with Gasteiger partial charge in [-0.3, -0.25) is 0 Å². The number of rotatable bonds is 6. The summed E-state index contributed by atoms with van der Waals surface area (Å²) in [5.41, 5.74) is 0. The van der Waals surface area contributed by atoms with Crippen molar-refractivity contribution in [1.29, 1.82) is 0 Å². The van der Waals surface area contributed by atoms with E-state index >= 15 is 0 Å². The average Bonchev–Trinajstić information content (AvgIpc) is 2.10. The Bertz CT molecular complexity index is 313. The summed E-state index contributed by atoms with van der Waals surface area (Å²) in [4.78, 5) is 0. The second kappa shape index (κ2) is 9.43. The first-order valence-electron chi connectivity index (χ1n) is 4.19. The third-order valence-corrected chi connectivity index (χ3v) is 3.60. The molecule has 0 atom stereocenters. The molecule has 0 aromatic carbocycles. The predicted molar refractivity (Wildman–Crippen MR) is 62.7 cm³/mol. The lowest BCUT2D eigenvalue weighted by atomic mass is 10.4. The van der Waals surface area contributed by atoms with Crippen LogP contribution in [0.3, 0.4) is 0 Å². The van der Waals surface area contributed by atoms with Crippen molar-refractivity contribution in [2.24, 2.45) is 0 Å². The molecule has 0 unspecified atom stereocenters. The zero-order valence-corrected chi connectivity index (χ0v) is 11.5. The highest BCUT2D eigenvalue weighted by Crippen LogP contribution is 2.05. The molecule has 16 heavy (non-hydrogen) atoms. The van der Waals surface area contributed by atoms with Gasteiger partial charge in [-0.05, 0) is 12.8 Å². The molecule has 0 radical (unpaired) electrons. The Hall–Kier alpha value is 0.400. The number of unbranched alkanes of at least 4 members (excludes halogenated alkanes) is 1. The summed E-state index contributed by atoms with van der Waals surface area (Å²) in [7, 11) is 2.73. The van der Waals surface area contributed by atoms with Crippen LogP contribution < -0.4 is 0 Å². The molecule has 0 aromatic rings. The summed E-state index contributed by atoms with van der Waals surface area (Å²) in [5, 5.41) is 15.2. The minimum Gasteiger partial charge on any atom is -0.394 e. The Labute approximate surface area is 104 Å². The second-order valence-electron chi connectivity index (χ2n) is 2.64. The Kier molecular flexibility index (Phi) is 11.1. The van der Waals surface area contributed by atoms with Crippen LogP contribution in [0.15, 0.2) is 0 Å². The molecule has 0 rings (SSSR count). The summed E-state index contributed by atoms with van der Waals surface area (Å²) in [6, 6.07) is 0. The Morgan fingerprint density at radius 2 is 1.00 bits per heavy atom. The van der Waals surface area contributed by atoms with E-state index in [1.54, 1.807) is 0 Å². The Balaban J connectivity index is 0. The van der Waals surface area contributed by atoms with Gasteiger partial charge in [0.05, 0.1) is 24.7 Å². The first kappa shape index (κ1) is 18.8. The van der Waals surface area contributed by atoms with Gasteiger partial charge in [-0.1, -0.05) is 0 Å². The van der Waals surface area contributed by atoms with Crippen molar-refractivity contribution < 1.29 is 27.0 Å². The summed E-state index contributed by atoms with van der Waals surface area (Å²) in [6.45, 7) is -0.250. The molecule has 10 heteroatoms. The number of aliphatic hydroxyl groups excluding tert-OH is 2. The number of aliphatic hydroxyl groups is 2. The van der Waals surface area contributed by atoms with Crippen LogP contribution in [0.1, 0.15) is 12.8 Å². The second-order valence-corrected chi connectivity index (χ2v) is 8.43. The molecule has 0 aromatic heterocycles. The van der Waals surface area contributed by atoms with E-state index in [1.807, 2.05) is 0 Å². The normalized spacial score (nSPS) is 11.8. The summed E-state index contributed by atoms with van der Waals surface area (Å²) in [6.07, 6.45) is 0.412. The molecule has 0 saturated carbocycles. The molecule has 0 bridgehead atoms. The third kappa shape index (κ3) is 23.9. The van der Waals surface area contributed by atoms with E-state index in [4.69, 9.17) is 31.6 Å². The van der Waals surface area contributed by atoms with Gasteiger partial charge in [0.15, 0.2) is 0 Å². The average molecular weight is 317 g/mol. The molecule has 0 aliphatic heterocycles. The quantitative estimate of drug-likeness (QED) is 0.522. The number of halogens is 2. The Morgan fingerprint density at radius 1 is 0.750 bits per heavy atom. The van der Waals surface area contributed by atoms with E-state index in [1.165, 1.54) is 0 Å². The van der Waals surface area contributed by atoms with Crippen molar-refractivity contribution in [3.63, 3.8) is 0 Å². The molecule has 2 N–H and O–H groups in total. The summed E-state index contributed by atoms with van der Waals surface area (Å²) >= 11 is 0. The highest BCUT2D eigenvalue weighted by Gasteiger charge is 2.08. The molecular weight excluding hydrogens is 303 g/mol. The van der Waals surface area contributed by atoms with Crippen LogP contribution in [0.4, 0.5) is 0 Å². The smallest absolute Gasteiger partial charge is 0.232 e. The topological polar surface area (TPSA) is 109 Å². The van der Waals surface area contributed by atoms with Crippen molar-refractivity contribution in [2.75, 3.05) is 24.7 Å². The highest BCUT2D eigenvalue weighted by molar-refractivity contribution is 8.14. The molecule has 0 fully saturated rings. The molecule has 100 valence electrons. The van der Waals surface area contributed by atoms with Gasteiger partial charge in [0, 0.05) is 21.4 Å². The SMILES string of the molecule is O=S(=O)(Cl)CCCCS(=O)(=O)Cl.OCCO. The van der Waals surface area contributed by atoms with E-state index in [-0.39, 0.29) is 37.6 Å². The van der Waals surface area contributed by atoms with Gasteiger partial charge in [-0.25, -0.2) is 16.8 Å². The standard InChI is InChI=1S/C4H8Cl2O4S2.C2H6O2/c5-11(7,8)3-1-2-4-12(6,9)10;3-1-2-4/h1-4H2;3-4H,1-2H2. The Morgan fingerprint density at radius 3 is 1.12 bits per heavy atom. The lowest BCUT2D eigenvalue weighted by molar-refractivity contribution is 0.186. The lowest BCUT2D eigenvalue weighted by Gasteiger charge is -1.95. The fourth-order valence-corrected chi connectivity index (χ4v) is 2.30. The molecule has 0 saturated heterocycles. The van der Waals surface area contributed by atoms with Gasteiger partial charge in [-0.15, -0.1) is 0 Å². The van der Waals surface area contributed by atoms with Gasteiger partial charge in [0.2, 0.25) is 18.1 Å². The minimum absolute atomic E-state index is 0.125. The fraction of sp³-hybridized carbons (Fsp3) is 1.00. The first-order chi connectivity index (χ1) is 7.12. The molecule has 0 aliphatic rings.